The minimum absolute atomic E-state index is 0.252. The quantitative estimate of drug-likeness (QED) is 0.846. The summed E-state index contributed by atoms with van der Waals surface area (Å²) < 4.78 is 1.36. The fourth-order valence-electron chi connectivity index (χ4n) is 2.39. The third-order valence-electron chi connectivity index (χ3n) is 3.62. The van der Waals surface area contributed by atoms with Crippen molar-refractivity contribution in [2.24, 2.45) is 11.7 Å². The molecule has 1 heterocycles. The van der Waals surface area contributed by atoms with Crippen LogP contribution in [-0.4, -0.2) is 0 Å². The van der Waals surface area contributed by atoms with Crippen LogP contribution in [0.4, 0.5) is 0 Å². The molecule has 1 aromatic carbocycles. The first-order valence-corrected chi connectivity index (χ1v) is 6.88. The van der Waals surface area contributed by atoms with Gasteiger partial charge < -0.3 is 5.73 Å². The van der Waals surface area contributed by atoms with Crippen molar-refractivity contribution in [3.63, 3.8) is 0 Å². The molecule has 1 aliphatic rings. The van der Waals surface area contributed by atoms with E-state index < -0.39 is 0 Å². The van der Waals surface area contributed by atoms with E-state index in [-0.39, 0.29) is 6.04 Å². The molecule has 3 rings (SSSR count). The number of fused-ring (bicyclic) bond motifs is 1. The molecular formula is C14H17NS. The highest BCUT2D eigenvalue weighted by atomic mass is 32.1. The number of hydrogen-bond acceptors (Lipinski definition) is 2. The first-order chi connectivity index (χ1) is 7.83. The molecule has 1 saturated carbocycles. The Hall–Kier alpha value is -0.860. The van der Waals surface area contributed by atoms with Gasteiger partial charge in [0.25, 0.3) is 0 Å². The molecule has 0 spiro atoms. The van der Waals surface area contributed by atoms with Gasteiger partial charge in [0, 0.05) is 15.6 Å². The molecule has 2 aromatic rings. The van der Waals surface area contributed by atoms with E-state index in [1.54, 1.807) is 0 Å². The van der Waals surface area contributed by atoms with E-state index in [0.717, 1.165) is 5.92 Å². The summed E-state index contributed by atoms with van der Waals surface area (Å²) in [5.74, 6) is 0.889. The summed E-state index contributed by atoms with van der Waals surface area (Å²) in [4.78, 5) is 1.35. The summed E-state index contributed by atoms with van der Waals surface area (Å²) in [6.45, 7) is 0. The van der Waals surface area contributed by atoms with Crippen LogP contribution < -0.4 is 5.73 Å². The molecule has 16 heavy (non-hydrogen) atoms. The van der Waals surface area contributed by atoms with E-state index in [2.05, 4.69) is 30.3 Å². The normalized spacial score (nSPS) is 18.6. The lowest BCUT2D eigenvalue weighted by atomic mass is 9.81. The largest absolute Gasteiger partial charge is 0.323 e. The van der Waals surface area contributed by atoms with Crippen LogP contribution in [-0.2, 0) is 0 Å². The molecule has 0 saturated heterocycles. The Labute approximate surface area is 100 Å². The summed E-state index contributed by atoms with van der Waals surface area (Å²) in [6, 6.07) is 11.1. The van der Waals surface area contributed by atoms with Crippen molar-refractivity contribution in [1.29, 1.82) is 0 Å². The van der Waals surface area contributed by atoms with Crippen molar-refractivity contribution in [2.75, 3.05) is 0 Å². The molecule has 0 radical (unpaired) electrons. The van der Waals surface area contributed by atoms with Crippen molar-refractivity contribution < 1.29 is 0 Å². The second-order valence-electron chi connectivity index (χ2n) is 4.83. The zero-order chi connectivity index (χ0) is 11.0. The maximum Gasteiger partial charge on any atom is 0.0392 e. The van der Waals surface area contributed by atoms with Gasteiger partial charge in [0.15, 0.2) is 0 Å². The van der Waals surface area contributed by atoms with Crippen LogP contribution in [0.2, 0.25) is 0 Å². The Balaban J connectivity index is 1.81. The van der Waals surface area contributed by atoms with E-state index >= 15 is 0 Å². The minimum Gasteiger partial charge on any atom is -0.323 e. The molecule has 1 unspecified atom stereocenters. The molecule has 1 fully saturated rings. The lowest BCUT2D eigenvalue weighted by Gasteiger charge is -2.27. The molecule has 1 aliphatic carbocycles. The Morgan fingerprint density at radius 2 is 2.12 bits per heavy atom. The monoisotopic (exact) mass is 231 g/mol. The van der Waals surface area contributed by atoms with Crippen LogP contribution in [0.5, 0.6) is 0 Å². The van der Waals surface area contributed by atoms with Gasteiger partial charge in [-0.25, -0.2) is 0 Å². The van der Waals surface area contributed by atoms with Crippen LogP contribution in [0.15, 0.2) is 30.3 Å². The molecule has 84 valence electrons. The second-order valence-corrected chi connectivity index (χ2v) is 5.94. The number of thiophene rings is 1. The molecule has 1 atom stereocenters. The minimum atomic E-state index is 0.252. The third-order valence-corrected chi connectivity index (χ3v) is 4.87. The Kier molecular flexibility index (Phi) is 2.70. The molecule has 2 N–H and O–H groups in total. The second kappa shape index (κ2) is 4.19. The Morgan fingerprint density at radius 1 is 1.31 bits per heavy atom. The van der Waals surface area contributed by atoms with E-state index in [1.165, 1.54) is 40.6 Å². The van der Waals surface area contributed by atoms with Gasteiger partial charge in [-0.2, -0.15) is 0 Å². The first kappa shape index (κ1) is 10.3. The van der Waals surface area contributed by atoms with Gasteiger partial charge in [-0.05, 0) is 29.9 Å². The summed E-state index contributed by atoms with van der Waals surface area (Å²) in [6.07, 6.45) is 5.35. The molecular weight excluding hydrogens is 214 g/mol. The summed E-state index contributed by atoms with van der Waals surface area (Å²) in [5, 5.41) is 1.34. The highest BCUT2D eigenvalue weighted by Crippen LogP contribution is 2.37. The third kappa shape index (κ3) is 1.87. The average Bonchev–Trinajstić information content (AvgIpc) is 2.66. The Morgan fingerprint density at radius 3 is 2.81 bits per heavy atom. The summed E-state index contributed by atoms with van der Waals surface area (Å²) in [7, 11) is 0. The first-order valence-electron chi connectivity index (χ1n) is 6.07. The van der Waals surface area contributed by atoms with Gasteiger partial charge in [0.2, 0.25) is 0 Å². The van der Waals surface area contributed by atoms with Gasteiger partial charge in [-0.15, -0.1) is 11.3 Å². The molecule has 1 aromatic heterocycles. The fraction of sp³-hybridized carbons (Fsp3) is 0.429. The van der Waals surface area contributed by atoms with E-state index in [0.29, 0.717) is 0 Å². The molecule has 0 bridgehead atoms. The van der Waals surface area contributed by atoms with Gasteiger partial charge in [0.05, 0.1) is 0 Å². The maximum atomic E-state index is 6.28. The van der Waals surface area contributed by atoms with Crippen molar-refractivity contribution >= 4 is 21.4 Å². The van der Waals surface area contributed by atoms with Gasteiger partial charge >= 0.3 is 0 Å². The number of rotatable bonds is 3. The lowest BCUT2D eigenvalue weighted by molar-refractivity contribution is 0.278. The van der Waals surface area contributed by atoms with Crippen LogP contribution in [0, 0.1) is 5.92 Å². The van der Waals surface area contributed by atoms with Crippen LogP contribution in [0.3, 0.4) is 0 Å². The lowest BCUT2D eigenvalue weighted by Crippen LogP contribution is -2.19. The SMILES string of the molecule is NC(CC1CCC1)c1cc2ccccc2s1. The smallest absolute Gasteiger partial charge is 0.0392 e. The standard InChI is InChI=1S/C14H17NS/c15-12(8-10-4-3-5-10)14-9-11-6-1-2-7-13(11)16-14/h1-2,6-7,9-10,12H,3-5,8,15H2. The molecule has 2 heteroatoms. The highest BCUT2D eigenvalue weighted by Gasteiger charge is 2.21. The molecule has 0 amide bonds. The predicted molar refractivity (Wildman–Crippen MR) is 70.7 cm³/mol. The number of nitrogens with two attached hydrogens (primary N) is 1. The van der Waals surface area contributed by atoms with Crippen LogP contribution >= 0.6 is 11.3 Å². The highest BCUT2D eigenvalue weighted by molar-refractivity contribution is 7.19. The van der Waals surface area contributed by atoms with Crippen LogP contribution in [0.25, 0.3) is 10.1 Å². The fourth-order valence-corrected chi connectivity index (χ4v) is 3.47. The zero-order valence-corrected chi connectivity index (χ0v) is 10.2. The van der Waals surface area contributed by atoms with Gasteiger partial charge in [-0.3, -0.25) is 0 Å². The van der Waals surface area contributed by atoms with Crippen molar-refractivity contribution in [3.8, 4) is 0 Å². The van der Waals surface area contributed by atoms with Gasteiger partial charge in [0.1, 0.15) is 0 Å². The zero-order valence-electron chi connectivity index (χ0n) is 9.36. The van der Waals surface area contributed by atoms with E-state index in [4.69, 9.17) is 5.73 Å². The van der Waals surface area contributed by atoms with Crippen molar-refractivity contribution in [2.45, 2.75) is 31.7 Å². The maximum absolute atomic E-state index is 6.28. The van der Waals surface area contributed by atoms with Gasteiger partial charge in [-0.1, -0.05) is 37.5 Å². The predicted octanol–water partition coefficient (Wildman–Crippen LogP) is 4.09. The van der Waals surface area contributed by atoms with E-state index in [9.17, 15) is 0 Å². The number of hydrogen-bond donors (Lipinski definition) is 1. The molecule has 0 aliphatic heterocycles. The van der Waals surface area contributed by atoms with Crippen molar-refractivity contribution in [3.05, 3.63) is 35.2 Å². The van der Waals surface area contributed by atoms with Crippen molar-refractivity contribution in [1.82, 2.24) is 0 Å². The topological polar surface area (TPSA) is 26.0 Å². The van der Waals surface area contributed by atoms with Crippen LogP contribution in [0.1, 0.15) is 36.6 Å². The summed E-state index contributed by atoms with van der Waals surface area (Å²) in [5.41, 5.74) is 6.28. The number of benzene rings is 1. The summed E-state index contributed by atoms with van der Waals surface area (Å²) >= 11 is 1.86. The molecule has 1 nitrogen and oxygen atoms in total. The van der Waals surface area contributed by atoms with E-state index in [1.807, 2.05) is 11.3 Å². The Bertz CT molecular complexity index is 451. The average molecular weight is 231 g/mol.